The van der Waals surface area contributed by atoms with E-state index >= 15 is 0 Å². The molecule has 5 nitrogen and oxygen atoms in total. The fourth-order valence-corrected chi connectivity index (χ4v) is 1.95. The van der Waals surface area contributed by atoms with Crippen molar-refractivity contribution in [3.8, 4) is 0 Å². The molecule has 1 heterocycles. The van der Waals surface area contributed by atoms with Gasteiger partial charge >= 0.3 is 11.9 Å². The lowest BCUT2D eigenvalue weighted by molar-refractivity contribution is 0.0685. The van der Waals surface area contributed by atoms with Gasteiger partial charge in [0.15, 0.2) is 0 Å². The van der Waals surface area contributed by atoms with Crippen LogP contribution in [0.5, 0.6) is 0 Å². The van der Waals surface area contributed by atoms with Crippen molar-refractivity contribution in [2.45, 2.75) is 13.5 Å². The minimum atomic E-state index is -0.975. The molecule has 0 unspecified atom stereocenters. The van der Waals surface area contributed by atoms with Gasteiger partial charge in [-0.2, -0.15) is 0 Å². The third kappa shape index (κ3) is 2.65. The van der Waals surface area contributed by atoms with Crippen LogP contribution in [0.25, 0.3) is 0 Å². The lowest BCUT2D eigenvalue weighted by Gasteiger charge is -2.07. The number of hydrogen-bond acceptors (Lipinski definition) is 2. The molecule has 2 rings (SSSR count). The molecule has 0 spiro atoms. The molecule has 0 aliphatic carbocycles. The summed E-state index contributed by atoms with van der Waals surface area (Å²) in [6, 6.07) is 8.14. The molecular formula is C14H13NO4. The second kappa shape index (κ2) is 4.97. The molecule has 19 heavy (non-hydrogen) atoms. The van der Waals surface area contributed by atoms with Crippen LogP contribution in [0, 0.1) is 6.92 Å². The minimum absolute atomic E-state index is 0.223. The number of hydrogen-bond donors (Lipinski definition) is 2. The Balaban J connectivity index is 2.29. The van der Waals surface area contributed by atoms with Gasteiger partial charge in [0.2, 0.25) is 0 Å². The first-order chi connectivity index (χ1) is 8.99. The first kappa shape index (κ1) is 12.9. The van der Waals surface area contributed by atoms with E-state index in [0.717, 1.165) is 5.56 Å². The van der Waals surface area contributed by atoms with Gasteiger partial charge in [0, 0.05) is 18.4 Å². The summed E-state index contributed by atoms with van der Waals surface area (Å²) in [7, 11) is 0. The van der Waals surface area contributed by atoms with Crippen LogP contribution in [-0.4, -0.2) is 26.7 Å². The molecule has 1 aromatic heterocycles. The number of carbonyl (C=O) groups is 2. The van der Waals surface area contributed by atoms with Crippen LogP contribution in [0.4, 0.5) is 0 Å². The molecular weight excluding hydrogens is 246 g/mol. The fraction of sp³-hybridized carbons (Fsp3) is 0.143. The Kier molecular flexibility index (Phi) is 3.37. The molecule has 98 valence electrons. The number of carboxylic acid groups (broad SMARTS) is 2. The predicted octanol–water partition coefficient (Wildman–Crippen LogP) is 2.24. The van der Waals surface area contributed by atoms with Crippen LogP contribution in [0.3, 0.4) is 0 Å². The van der Waals surface area contributed by atoms with Crippen molar-refractivity contribution in [1.82, 2.24) is 4.57 Å². The molecule has 1 aromatic carbocycles. The van der Waals surface area contributed by atoms with Crippen LogP contribution in [-0.2, 0) is 6.54 Å². The Morgan fingerprint density at radius 1 is 1.16 bits per heavy atom. The summed E-state index contributed by atoms with van der Waals surface area (Å²) in [6.07, 6.45) is 1.69. The van der Waals surface area contributed by atoms with Crippen LogP contribution >= 0.6 is 0 Å². The van der Waals surface area contributed by atoms with E-state index in [-0.39, 0.29) is 11.1 Å². The van der Waals surface area contributed by atoms with Crippen molar-refractivity contribution in [1.29, 1.82) is 0 Å². The smallest absolute Gasteiger partial charge is 0.337 e. The van der Waals surface area contributed by atoms with Crippen LogP contribution in [0.15, 0.2) is 36.5 Å². The summed E-state index contributed by atoms with van der Waals surface area (Å²) in [4.78, 5) is 21.8. The topological polar surface area (TPSA) is 79.5 Å². The largest absolute Gasteiger partial charge is 0.478 e. The van der Waals surface area contributed by atoms with Crippen molar-refractivity contribution >= 4 is 11.9 Å². The van der Waals surface area contributed by atoms with Gasteiger partial charge in [0.05, 0.1) is 11.1 Å². The summed E-state index contributed by atoms with van der Waals surface area (Å²) < 4.78 is 1.78. The van der Waals surface area contributed by atoms with Gasteiger partial charge in [-0.25, -0.2) is 9.59 Å². The highest BCUT2D eigenvalue weighted by molar-refractivity contribution is 5.89. The van der Waals surface area contributed by atoms with Crippen LogP contribution in [0.1, 0.15) is 32.0 Å². The Bertz CT molecular complexity index is 643. The van der Waals surface area contributed by atoms with Gasteiger partial charge in [-0.15, -0.1) is 0 Å². The average molecular weight is 259 g/mol. The number of carboxylic acids is 2. The lowest BCUT2D eigenvalue weighted by atomic mass is 10.1. The highest BCUT2D eigenvalue weighted by Crippen LogP contribution is 2.13. The SMILES string of the molecule is Cc1c(C(=O)O)ccn1Cc1cccc(C(=O)O)c1. The monoisotopic (exact) mass is 259 g/mol. The van der Waals surface area contributed by atoms with Crippen molar-refractivity contribution in [2.75, 3.05) is 0 Å². The van der Waals surface area contributed by atoms with Crippen molar-refractivity contribution in [3.05, 3.63) is 58.9 Å². The first-order valence-electron chi connectivity index (χ1n) is 5.70. The number of benzene rings is 1. The fourth-order valence-electron chi connectivity index (χ4n) is 1.95. The Morgan fingerprint density at radius 2 is 1.89 bits per heavy atom. The summed E-state index contributed by atoms with van der Waals surface area (Å²) in [6.45, 7) is 2.17. The molecule has 0 saturated heterocycles. The highest BCUT2D eigenvalue weighted by Gasteiger charge is 2.11. The normalized spacial score (nSPS) is 10.4. The maximum absolute atomic E-state index is 10.9. The minimum Gasteiger partial charge on any atom is -0.478 e. The van der Waals surface area contributed by atoms with Crippen molar-refractivity contribution < 1.29 is 19.8 Å². The third-order valence-electron chi connectivity index (χ3n) is 3.00. The molecule has 2 N–H and O–H groups in total. The predicted molar refractivity (Wildman–Crippen MR) is 68.6 cm³/mol. The second-order valence-electron chi connectivity index (χ2n) is 4.25. The zero-order chi connectivity index (χ0) is 14.0. The van der Waals surface area contributed by atoms with Gasteiger partial charge < -0.3 is 14.8 Å². The Labute approximate surface area is 109 Å². The van der Waals surface area contributed by atoms with E-state index in [0.29, 0.717) is 12.2 Å². The summed E-state index contributed by atoms with van der Waals surface area (Å²) in [5.74, 6) is -1.94. The van der Waals surface area contributed by atoms with Gasteiger partial charge in [-0.1, -0.05) is 12.1 Å². The molecule has 0 saturated carbocycles. The standard InChI is InChI=1S/C14H13NO4/c1-9-12(14(18)19)5-6-15(9)8-10-3-2-4-11(7-10)13(16)17/h2-7H,8H2,1H3,(H,16,17)(H,18,19). The molecule has 5 heteroatoms. The number of rotatable bonds is 4. The lowest BCUT2D eigenvalue weighted by Crippen LogP contribution is -2.05. The maximum Gasteiger partial charge on any atom is 0.337 e. The third-order valence-corrected chi connectivity index (χ3v) is 3.00. The van der Waals surface area contributed by atoms with Gasteiger partial charge in [-0.3, -0.25) is 0 Å². The van der Waals surface area contributed by atoms with Crippen molar-refractivity contribution in [3.63, 3.8) is 0 Å². The molecule has 0 atom stereocenters. The summed E-state index contributed by atoms with van der Waals surface area (Å²) >= 11 is 0. The highest BCUT2D eigenvalue weighted by atomic mass is 16.4. The second-order valence-corrected chi connectivity index (χ2v) is 4.25. The van der Waals surface area contributed by atoms with E-state index in [1.807, 2.05) is 6.07 Å². The zero-order valence-corrected chi connectivity index (χ0v) is 10.3. The van der Waals surface area contributed by atoms with E-state index in [4.69, 9.17) is 10.2 Å². The van der Waals surface area contributed by atoms with E-state index in [9.17, 15) is 9.59 Å². The van der Waals surface area contributed by atoms with E-state index < -0.39 is 11.9 Å². The average Bonchev–Trinajstić information content (AvgIpc) is 2.71. The Morgan fingerprint density at radius 3 is 2.47 bits per heavy atom. The van der Waals surface area contributed by atoms with E-state index in [2.05, 4.69) is 0 Å². The van der Waals surface area contributed by atoms with Crippen LogP contribution < -0.4 is 0 Å². The zero-order valence-electron chi connectivity index (χ0n) is 10.3. The molecule has 0 bridgehead atoms. The molecule has 0 aliphatic heterocycles. The van der Waals surface area contributed by atoms with Gasteiger partial charge in [0.25, 0.3) is 0 Å². The van der Waals surface area contributed by atoms with Crippen LogP contribution in [0.2, 0.25) is 0 Å². The number of aromatic carboxylic acids is 2. The Hall–Kier alpha value is -2.56. The van der Waals surface area contributed by atoms with E-state index in [1.165, 1.54) is 6.07 Å². The first-order valence-corrected chi connectivity index (χ1v) is 5.70. The van der Waals surface area contributed by atoms with Gasteiger partial charge in [0.1, 0.15) is 0 Å². The molecule has 2 aromatic rings. The maximum atomic E-state index is 10.9. The van der Waals surface area contributed by atoms with Gasteiger partial charge in [-0.05, 0) is 30.7 Å². The molecule has 0 amide bonds. The number of nitrogens with zero attached hydrogens (tertiary/aromatic N) is 1. The summed E-state index contributed by atoms with van der Waals surface area (Å²) in [5.41, 5.74) is 1.94. The van der Waals surface area contributed by atoms with Crippen molar-refractivity contribution in [2.24, 2.45) is 0 Å². The molecule has 0 fully saturated rings. The molecule has 0 aliphatic rings. The number of aromatic nitrogens is 1. The summed E-state index contributed by atoms with van der Waals surface area (Å²) in [5, 5.41) is 17.9. The molecule has 0 radical (unpaired) electrons. The van der Waals surface area contributed by atoms with E-state index in [1.54, 1.807) is 35.9 Å². The quantitative estimate of drug-likeness (QED) is 0.882.